The Morgan fingerprint density at radius 3 is 2.33 bits per heavy atom. The Morgan fingerprint density at radius 2 is 1.71 bits per heavy atom. The van der Waals surface area contributed by atoms with Crippen LogP contribution in [0.3, 0.4) is 0 Å². The van der Waals surface area contributed by atoms with Crippen LogP contribution in [-0.4, -0.2) is 16.8 Å². The standard InChI is InChI=1S/C20H19NO3/c1-20(15-10-6-3-7-11-15)12-16(22)17(18(20)21)19(23)24-13-14-8-4-2-5-9-14/h2-11,21-22H,12-13H2,1H3/t20-/m1/s1. The molecule has 2 aromatic carbocycles. The van der Waals surface area contributed by atoms with Crippen molar-refractivity contribution in [2.24, 2.45) is 0 Å². The molecule has 1 atom stereocenters. The molecule has 4 heteroatoms. The first-order valence-electron chi connectivity index (χ1n) is 7.80. The van der Waals surface area contributed by atoms with Gasteiger partial charge in [-0.25, -0.2) is 4.79 Å². The van der Waals surface area contributed by atoms with Crippen LogP contribution >= 0.6 is 0 Å². The summed E-state index contributed by atoms with van der Waals surface area (Å²) in [5.74, 6) is -0.731. The molecule has 0 radical (unpaired) electrons. The molecule has 2 aromatic rings. The van der Waals surface area contributed by atoms with Gasteiger partial charge in [0.15, 0.2) is 0 Å². The number of esters is 1. The smallest absolute Gasteiger partial charge is 0.343 e. The number of aliphatic hydroxyl groups is 1. The Hall–Kier alpha value is -2.88. The molecule has 0 spiro atoms. The highest BCUT2D eigenvalue weighted by Gasteiger charge is 2.45. The highest BCUT2D eigenvalue weighted by molar-refractivity contribution is 6.24. The average molecular weight is 321 g/mol. The van der Waals surface area contributed by atoms with Gasteiger partial charge in [-0.2, -0.15) is 0 Å². The average Bonchev–Trinajstić information content (AvgIpc) is 2.84. The highest BCUT2D eigenvalue weighted by Crippen LogP contribution is 2.41. The zero-order valence-corrected chi connectivity index (χ0v) is 13.5. The molecule has 0 aromatic heterocycles. The van der Waals surface area contributed by atoms with Crippen molar-refractivity contribution < 1.29 is 14.6 Å². The molecule has 0 bridgehead atoms. The third kappa shape index (κ3) is 2.83. The molecule has 0 unspecified atom stereocenters. The Balaban J connectivity index is 1.77. The summed E-state index contributed by atoms with van der Waals surface area (Å²) in [6, 6.07) is 18.8. The van der Waals surface area contributed by atoms with Crippen LogP contribution in [0, 0.1) is 5.41 Å². The van der Waals surface area contributed by atoms with Gasteiger partial charge in [-0.3, -0.25) is 0 Å². The normalized spacial score (nSPS) is 20.3. The van der Waals surface area contributed by atoms with E-state index in [1.807, 2.05) is 67.6 Å². The van der Waals surface area contributed by atoms with Gasteiger partial charge >= 0.3 is 5.97 Å². The van der Waals surface area contributed by atoms with E-state index in [9.17, 15) is 9.90 Å². The van der Waals surface area contributed by atoms with E-state index in [1.165, 1.54) is 0 Å². The molecular formula is C20H19NO3. The van der Waals surface area contributed by atoms with Crippen molar-refractivity contribution in [1.29, 1.82) is 5.41 Å². The SMILES string of the molecule is C[C@]1(c2ccccc2)CC(O)=C(C(=O)OCc2ccccc2)C1=N. The number of aliphatic hydroxyl groups excluding tert-OH is 1. The Kier molecular flexibility index (Phi) is 4.21. The third-order valence-electron chi connectivity index (χ3n) is 4.44. The number of hydrogen-bond donors (Lipinski definition) is 2. The summed E-state index contributed by atoms with van der Waals surface area (Å²) in [6.45, 7) is 1.98. The number of carbonyl (C=O) groups is 1. The quantitative estimate of drug-likeness (QED) is 0.838. The maximum Gasteiger partial charge on any atom is 0.343 e. The van der Waals surface area contributed by atoms with Crippen molar-refractivity contribution >= 4 is 11.7 Å². The summed E-state index contributed by atoms with van der Waals surface area (Å²) < 4.78 is 5.28. The van der Waals surface area contributed by atoms with Gasteiger partial charge in [0, 0.05) is 11.8 Å². The number of nitrogens with one attached hydrogen (secondary N) is 1. The van der Waals surface area contributed by atoms with Crippen molar-refractivity contribution in [2.45, 2.75) is 25.4 Å². The second-order valence-electron chi connectivity index (χ2n) is 6.13. The van der Waals surface area contributed by atoms with E-state index in [1.54, 1.807) is 0 Å². The minimum atomic E-state index is -0.716. The predicted molar refractivity (Wildman–Crippen MR) is 92.0 cm³/mol. The van der Waals surface area contributed by atoms with Crippen LogP contribution in [-0.2, 0) is 21.6 Å². The van der Waals surface area contributed by atoms with Crippen molar-refractivity contribution in [3.05, 3.63) is 83.1 Å². The van der Waals surface area contributed by atoms with Crippen LogP contribution in [0.2, 0.25) is 0 Å². The number of hydrogen-bond acceptors (Lipinski definition) is 4. The van der Waals surface area contributed by atoms with E-state index in [-0.39, 0.29) is 30.1 Å². The molecule has 4 nitrogen and oxygen atoms in total. The van der Waals surface area contributed by atoms with Crippen LogP contribution < -0.4 is 0 Å². The van der Waals surface area contributed by atoms with E-state index in [0.29, 0.717) is 0 Å². The van der Waals surface area contributed by atoms with Gasteiger partial charge in [0.25, 0.3) is 0 Å². The van der Waals surface area contributed by atoms with E-state index in [4.69, 9.17) is 10.1 Å². The van der Waals surface area contributed by atoms with E-state index < -0.39 is 11.4 Å². The topological polar surface area (TPSA) is 70.4 Å². The van der Waals surface area contributed by atoms with Gasteiger partial charge in [0.2, 0.25) is 0 Å². The number of benzene rings is 2. The van der Waals surface area contributed by atoms with Crippen LogP contribution in [0.5, 0.6) is 0 Å². The molecule has 0 saturated heterocycles. The fourth-order valence-corrected chi connectivity index (χ4v) is 3.00. The third-order valence-corrected chi connectivity index (χ3v) is 4.44. The Morgan fingerprint density at radius 1 is 1.12 bits per heavy atom. The lowest BCUT2D eigenvalue weighted by atomic mass is 9.78. The summed E-state index contributed by atoms with van der Waals surface area (Å²) in [5.41, 5.74) is 1.13. The molecule has 1 aliphatic carbocycles. The largest absolute Gasteiger partial charge is 0.511 e. The van der Waals surface area contributed by atoms with Crippen molar-refractivity contribution in [3.8, 4) is 0 Å². The Bertz CT molecular complexity index is 796. The highest BCUT2D eigenvalue weighted by atomic mass is 16.5. The van der Waals surface area contributed by atoms with Crippen LogP contribution in [0.25, 0.3) is 0 Å². The summed E-state index contributed by atoms with van der Waals surface area (Å²) >= 11 is 0. The van der Waals surface area contributed by atoms with Crippen molar-refractivity contribution in [2.75, 3.05) is 0 Å². The van der Waals surface area contributed by atoms with E-state index in [2.05, 4.69) is 0 Å². The van der Waals surface area contributed by atoms with Gasteiger partial charge in [0.1, 0.15) is 17.9 Å². The number of ether oxygens (including phenoxy) is 1. The van der Waals surface area contributed by atoms with Gasteiger partial charge in [0.05, 0.1) is 5.71 Å². The number of allylic oxidation sites excluding steroid dienone is 1. The maximum atomic E-state index is 12.4. The zero-order chi connectivity index (χ0) is 17.2. The van der Waals surface area contributed by atoms with Crippen molar-refractivity contribution in [3.63, 3.8) is 0 Å². The fraction of sp³-hybridized carbons (Fsp3) is 0.200. The van der Waals surface area contributed by atoms with E-state index in [0.717, 1.165) is 11.1 Å². The summed E-state index contributed by atoms with van der Waals surface area (Å²) in [6.07, 6.45) is 0.228. The van der Waals surface area contributed by atoms with Gasteiger partial charge in [-0.15, -0.1) is 0 Å². The minimum Gasteiger partial charge on any atom is -0.511 e. The first-order valence-corrected chi connectivity index (χ1v) is 7.80. The minimum absolute atomic E-state index is 0.0164. The summed E-state index contributed by atoms with van der Waals surface area (Å²) in [5, 5.41) is 18.7. The predicted octanol–water partition coefficient (Wildman–Crippen LogP) is 3.92. The molecular weight excluding hydrogens is 302 g/mol. The molecule has 2 N–H and O–H groups in total. The van der Waals surface area contributed by atoms with Crippen LogP contribution in [0.15, 0.2) is 72.0 Å². The molecule has 1 aliphatic rings. The maximum absolute atomic E-state index is 12.4. The number of rotatable bonds is 4. The molecule has 3 rings (SSSR count). The lowest BCUT2D eigenvalue weighted by molar-refractivity contribution is -0.139. The van der Waals surface area contributed by atoms with Gasteiger partial charge in [-0.05, 0) is 18.1 Å². The molecule has 24 heavy (non-hydrogen) atoms. The fourth-order valence-electron chi connectivity index (χ4n) is 3.00. The summed E-state index contributed by atoms with van der Waals surface area (Å²) in [7, 11) is 0. The van der Waals surface area contributed by atoms with Crippen LogP contribution in [0.1, 0.15) is 24.5 Å². The lowest BCUT2D eigenvalue weighted by Crippen LogP contribution is -2.30. The second-order valence-corrected chi connectivity index (χ2v) is 6.13. The zero-order valence-electron chi connectivity index (χ0n) is 13.5. The number of carbonyl (C=O) groups excluding carboxylic acids is 1. The first kappa shape index (κ1) is 16.0. The molecule has 0 amide bonds. The molecule has 0 aliphatic heterocycles. The second kappa shape index (κ2) is 6.32. The first-order chi connectivity index (χ1) is 11.5. The molecule has 0 saturated carbocycles. The van der Waals surface area contributed by atoms with Gasteiger partial charge in [-0.1, -0.05) is 60.7 Å². The van der Waals surface area contributed by atoms with Crippen molar-refractivity contribution in [1.82, 2.24) is 0 Å². The monoisotopic (exact) mass is 321 g/mol. The lowest BCUT2D eigenvalue weighted by Gasteiger charge is -2.25. The Labute approximate surface area is 140 Å². The molecule has 0 fully saturated rings. The van der Waals surface area contributed by atoms with Crippen LogP contribution in [0.4, 0.5) is 0 Å². The van der Waals surface area contributed by atoms with Gasteiger partial charge < -0.3 is 15.3 Å². The summed E-state index contributed by atoms with van der Waals surface area (Å²) in [4.78, 5) is 12.4. The molecule has 122 valence electrons. The molecule has 0 heterocycles. The van der Waals surface area contributed by atoms with E-state index >= 15 is 0 Å².